The summed E-state index contributed by atoms with van der Waals surface area (Å²) in [4.78, 5) is 12.6. The number of carbonyl (C=O) groups is 1. The molecule has 2 N–H and O–H groups in total. The van der Waals surface area contributed by atoms with Gasteiger partial charge < -0.3 is 10.1 Å². The lowest BCUT2D eigenvalue weighted by Gasteiger charge is -2.18. The summed E-state index contributed by atoms with van der Waals surface area (Å²) in [5.41, 5.74) is 0. The van der Waals surface area contributed by atoms with Crippen molar-refractivity contribution in [2.45, 2.75) is 233 Å². The van der Waals surface area contributed by atoms with E-state index in [0.717, 1.165) is 70.9 Å². The number of hydrogen-bond acceptors (Lipinski definition) is 6. The summed E-state index contributed by atoms with van der Waals surface area (Å²) in [6, 6.07) is 0. The normalized spacial score (nSPS) is 12.9. The fourth-order valence-electron chi connectivity index (χ4n) is 6.47. The van der Waals surface area contributed by atoms with Gasteiger partial charge in [0.15, 0.2) is 0 Å². The molecule has 0 rings (SSSR count). The van der Waals surface area contributed by atoms with Gasteiger partial charge in [0.2, 0.25) is 0 Å². The Hall–Kier alpha value is -0.460. The van der Waals surface area contributed by atoms with Crippen LogP contribution in [0, 0.1) is 0 Å². The first-order valence-electron chi connectivity index (χ1n) is 22.1. The van der Waals surface area contributed by atoms with Gasteiger partial charge in [-0.2, -0.15) is 0 Å². The molecule has 0 aromatic rings. The molecular formula is C42H87N2O5P. The van der Waals surface area contributed by atoms with Crippen LogP contribution in [0.15, 0.2) is 0 Å². The van der Waals surface area contributed by atoms with Crippen LogP contribution >= 0.6 is 7.75 Å². The van der Waals surface area contributed by atoms with E-state index in [1.807, 2.05) is 6.92 Å². The molecule has 0 fully saturated rings. The Morgan fingerprint density at radius 1 is 0.500 bits per heavy atom. The molecular weight excluding hydrogens is 643 g/mol. The highest BCUT2D eigenvalue weighted by atomic mass is 31.2. The summed E-state index contributed by atoms with van der Waals surface area (Å²) in [6.07, 6.45) is 36.9. The molecule has 0 aromatic heterocycles. The molecule has 0 saturated carbocycles. The fourth-order valence-corrected chi connectivity index (χ4v) is 7.87. The lowest BCUT2D eigenvalue weighted by atomic mass is 10.0. The molecule has 300 valence electrons. The molecule has 0 aromatic carbocycles. The Morgan fingerprint density at radius 2 is 0.920 bits per heavy atom. The van der Waals surface area contributed by atoms with E-state index in [1.54, 1.807) is 0 Å². The first-order valence-corrected chi connectivity index (χ1v) is 23.6. The van der Waals surface area contributed by atoms with E-state index >= 15 is 0 Å². The molecule has 0 bridgehead atoms. The number of ether oxygens (including phenoxy) is 1. The van der Waals surface area contributed by atoms with E-state index < -0.39 is 7.75 Å². The van der Waals surface area contributed by atoms with Gasteiger partial charge in [0, 0.05) is 13.0 Å². The third kappa shape index (κ3) is 35.9. The highest BCUT2D eigenvalue weighted by Gasteiger charge is 2.22. The molecule has 1 atom stereocenters. The van der Waals surface area contributed by atoms with E-state index in [-0.39, 0.29) is 12.1 Å². The van der Waals surface area contributed by atoms with Crippen LogP contribution < -0.4 is 10.4 Å². The second kappa shape index (κ2) is 39.7. The number of rotatable bonds is 42. The maximum Gasteiger partial charge on any atom is 0.405 e. The van der Waals surface area contributed by atoms with Crippen LogP contribution in [-0.4, -0.2) is 44.9 Å². The first kappa shape index (κ1) is 49.5. The standard InChI is InChI=1S/C42H87N2O5P/c1-5-9-12-15-18-19-25-33-40-48-50(46,47-8-4)44-39-32-26-31-38-43-37-30-24-20-23-29-36-42(45)49-41(34-27-21-16-13-10-6-2)35-28-22-17-14-11-7-3/h41,43H,5-40H2,1-4H3,(H,44,46). The number of carbonyl (C=O) groups excluding carboxylic acids is 1. The second-order valence-corrected chi connectivity index (χ2v) is 16.5. The number of nitrogens with one attached hydrogen (secondary N) is 2. The Labute approximate surface area is 312 Å². The van der Waals surface area contributed by atoms with Crippen LogP contribution in [-0.2, 0) is 23.1 Å². The van der Waals surface area contributed by atoms with E-state index in [9.17, 15) is 9.36 Å². The molecule has 0 heterocycles. The lowest BCUT2D eigenvalue weighted by molar-refractivity contribution is -0.150. The van der Waals surface area contributed by atoms with Crippen molar-refractivity contribution in [3.05, 3.63) is 0 Å². The van der Waals surface area contributed by atoms with Gasteiger partial charge in [-0.15, -0.1) is 0 Å². The highest BCUT2D eigenvalue weighted by Crippen LogP contribution is 2.43. The van der Waals surface area contributed by atoms with Gasteiger partial charge in [0.25, 0.3) is 0 Å². The van der Waals surface area contributed by atoms with Crippen molar-refractivity contribution in [2.75, 3.05) is 32.8 Å². The maximum absolute atomic E-state index is 12.9. The summed E-state index contributed by atoms with van der Waals surface area (Å²) in [5, 5.41) is 6.63. The molecule has 0 aliphatic heterocycles. The number of hydrogen-bond donors (Lipinski definition) is 2. The Kier molecular flexibility index (Phi) is 39.4. The summed E-state index contributed by atoms with van der Waals surface area (Å²) in [6.45, 7) is 12.2. The summed E-state index contributed by atoms with van der Waals surface area (Å²) < 4.78 is 30.1. The van der Waals surface area contributed by atoms with Gasteiger partial charge in [-0.3, -0.25) is 13.8 Å². The maximum atomic E-state index is 12.9. The smallest absolute Gasteiger partial charge is 0.405 e. The first-order chi connectivity index (χ1) is 24.5. The topological polar surface area (TPSA) is 85.9 Å². The molecule has 0 spiro atoms. The highest BCUT2D eigenvalue weighted by molar-refractivity contribution is 7.51. The van der Waals surface area contributed by atoms with Gasteiger partial charge in [-0.25, -0.2) is 9.65 Å². The molecule has 50 heavy (non-hydrogen) atoms. The zero-order valence-electron chi connectivity index (χ0n) is 34.0. The van der Waals surface area contributed by atoms with Crippen LogP contribution in [0.2, 0.25) is 0 Å². The van der Waals surface area contributed by atoms with E-state index in [4.69, 9.17) is 13.8 Å². The minimum atomic E-state index is -3.19. The van der Waals surface area contributed by atoms with Crippen molar-refractivity contribution in [1.82, 2.24) is 10.4 Å². The summed E-state index contributed by atoms with van der Waals surface area (Å²) in [7, 11) is -3.19. The lowest BCUT2D eigenvalue weighted by Crippen LogP contribution is -2.19. The van der Waals surface area contributed by atoms with Crippen LogP contribution in [0.1, 0.15) is 227 Å². The predicted octanol–water partition coefficient (Wildman–Crippen LogP) is 13.4. The molecule has 1 unspecified atom stereocenters. The molecule has 0 radical (unpaired) electrons. The second-order valence-electron chi connectivity index (χ2n) is 14.7. The minimum absolute atomic E-state index is 0.0240. The van der Waals surface area contributed by atoms with Crippen molar-refractivity contribution in [3.63, 3.8) is 0 Å². The molecule has 0 saturated heterocycles. The average Bonchev–Trinajstić information content (AvgIpc) is 3.10. The summed E-state index contributed by atoms with van der Waals surface area (Å²) >= 11 is 0. The van der Waals surface area contributed by atoms with Gasteiger partial charge >= 0.3 is 13.7 Å². The zero-order valence-corrected chi connectivity index (χ0v) is 34.9. The molecule has 0 aliphatic rings. The van der Waals surface area contributed by atoms with Gasteiger partial charge in [0.1, 0.15) is 6.10 Å². The fraction of sp³-hybridized carbons (Fsp3) is 0.976. The average molecular weight is 731 g/mol. The van der Waals surface area contributed by atoms with Gasteiger partial charge in [-0.05, 0) is 77.8 Å². The Balaban J connectivity index is 3.84. The Bertz CT molecular complexity index is 725. The van der Waals surface area contributed by atoms with Gasteiger partial charge in [-0.1, -0.05) is 156 Å². The van der Waals surface area contributed by atoms with Crippen LogP contribution in [0.3, 0.4) is 0 Å². The third-order valence-corrected chi connectivity index (χ3v) is 11.4. The van der Waals surface area contributed by atoms with Gasteiger partial charge in [0.05, 0.1) is 13.2 Å². The van der Waals surface area contributed by atoms with Crippen molar-refractivity contribution in [3.8, 4) is 0 Å². The Morgan fingerprint density at radius 3 is 1.44 bits per heavy atom. The minimum Gasteiger partial charge on any atom is -0.462 e. The van der Waals surface area contributed by atoms with Crippen LogP contribution in [0.25, 0.3) is 0 Å². The summed E-state index contributed by atoms with van der Waals surface area (Å²) in [5.74, 6) is 0.0240. The van der Waals surface area contributed by atoms with Crippen molar-refractivity contribution in [2.24, 2.45) is 0 Å². The van der Waals surface area contributed by atoms with Crippen molar-refractivity contribution >= 4 is 13.7 Å². The molecule has 0 aliphatic carbocycles. The van der Waals surface area contributed by atoms with Crippen LogP contribution in [0.5, 0.6) is 0 Å². The zero-order chi connectivity index (χ0) is 36.6. The monoisotopic (exact) mass is 731 g/mol. The van der Waals surface area contributed by atoms with E-state index in [0.29, 0.717) is 26.2 Å². The van der Waals surface area contributed by atoms with Crippen LogP contribution in [0.4, 0.5) is 0 Å². The number of esters is 1. The molecule has 0 amide bonds. The SMILES string of the molecule is CCCCCCCCCCOP(=O)(NCCCCCNCCCCCCCC(=O)OC(CCCCCCCC)CCCCCCCC)OCC. The van der Waals surface area contributed by atoms with E-state index in [1.165, 1.54) is 135 Å². The third-order valence-electron chi connectivity index (χ3n) is 9.69. The largest absolute Gasteiger partial charge is 0.462 e. The van der Waals surface area contributed by atoms with Crippen molar-refractivity contribution in [1.29, 1.82) is 0 Å². The molecule has 8 heteroatoms. The van der Waals surface area contributed by atoms with Crippen molar-refractivity contribution < 1.29 is 23.1 Å². The quantitative estimate of drug-likeness (QED) is 0.0367. The predicted molar refractivity (Wildman–Crippen MR) is 216 cm³/mol. The number of unbranched alkanes of at least 4 members (excludes halogenated alkanes) is 23. The van der Waals surface area contributed by atoms with E-state index in [2.05, 4.69) is 31.2 Å². The molecule has 7 nitrogen and oxygen atoms in total.